The summed E-state index contributed by atoms with van der Waals surface area (Å²) in [5.74, 6) is 1.59. The standard InChI is InChI=1S/C18H17ClN6S/c1-2-9-25-17(13-5-7-20-8-6-13)22-23-18(25)26-12-15-11-24-10-14(19)3-4-16(24)21-15/h3-8,10-11H,2,9,12H2,1H3. The van der Waals surface area contributed by atoms with Crippen molar-refractivity contribution < 1.29 is 0 Å². The number of nitrogens with zero attached hydrogens (tertiary/aromatic N) is 6. The monoisotopic (exact) mass is 384 g/mol. The average Bonchev–Trinajstić information content (AvgIpc) is 3.24. The van der Waals surface area contributed by atoms with Crippen LogP contribution in [0.4, 0.5) is 0 Å². The fraction of sp³-hybridized carbons (Fsp3) is 0.222. The number of imidazole rings is 1. The molecule has 0 N–H and O–H groups in total. The van der Waals surface area contributed by atoms with Gasteiger partial charge in [0.05, 0.1) is 10.7 Å². The molecule has 26 heavy (non-hydrogen) atoms. The first kappa shape index (κ1) is 17.1. The van der Waals surface area contributed by atoms with Crippen molar-refractivity contribution >= 4 is 29.0 Å². The summed E-state index contributed by atoms with van der Waals surface area (Å²) in [6.07, 6.45) is 8.41. The highest BCUT2D eigenvalue weighted by atomic mass is 35.5. The first-order chi connectivity index (χ1) is 12.7. The van der Waals surface area contributed by atoms with Gasteiger partial charge in [-0.1, -0.05) is 30.3 Å². The lowest BCUT2D eigenvalue weighted by atomic mass is 10.2. The number of rotatable bonds is 6. The van der Waals surface area contributed by atoms with Crippen LogP contribution >= 0.6 is 23.4 Å². The Morgan fingerprint density at radius 1 is 1.08 bits per heavy atom. The highest BCUT2D eigenvalue weighted by Gasteiger charge is 2.14. The Bertz CT molecular complexity index is 1030. The summed E-state index contributed by atoms with van der Waals surface area (Å²) in [7, 11) is 0. The Hall–Kier alpha value is -2.38. The molecule has 0 unspecified atom stereocenters. The van der Waals surface area contributed by atoms with Gasteiger partial charge in [0, 0.05) is 42.6 Å². The van der Waals surface area contributed by atoms with Gasteiger partial charge in [0.1, 0.15) is 5.65 Å². The molecule has 0 saturated carbocycles. The molecule has 8 heteroatoms. The van der Waals surface area contributed by atoms with Gasteiger partial charge in [-0.3, -0.25) is 4.98 Å². The number of halogens is 1. The SMILES string of the molecule is CCCn1c(SCc2cn3cc(Cl)ccc3n2)nnc1-c1ccncc1. The predicted molar refractivity (Wildman–Crippen MR) is 103 cm³/mol. The van der Waals surface area contributed by atoms with E-state index < -0.39 is 0 Å². The minimum atomic E-state index is 0.693. The van der Waals surface area contributed by atoms with E-state index in [4.69, 9.17) is 11.6 Å². The van der Waals surface area contributed by atoms with Gasteiger partial charge in [-0.2, -0.15) is 0 Å². The Balaban J connectivity index is 1.58. The Kier molecular flexibility index (Phi) is 4.90. The van der Waals surface area contributed by atoms with Crippen LogP contribution in [0, 0.1) is 0 Å². The third-order valence-corrected chi connectivity index (χ3v) is 5.14. The van der Waals surface area contributed by atoms with Crippen LogP contribution in [0.15, 0.2) is 54.2 Å². The van der Waals surface area contributed by atoms with E-state index in [1.165, 1.54) is 0 Å². The molecule has 0 amide bonds. The molecule has 4 aromatic rings. The van der Waals surface area contributed by atoms with Gasteiger partial charge in [-0.05, 0) is 30.7 Å². The molecule has 0 aliphatic carbocycles. The quantitative estimate of drug-likeness (QED) is 0.462. The summed E-state index contributed by atoms with van der Waals surface area (Å²) in [5.41, 5.74) is 2.89. The molecule has 0 fully saturated rings. The normalized spacial score (nSPS) is 11.3. The third-order valence-electron chi connectivity index (χ3n) is 3.92. The molecule has 0 radical (unpaired) electrons. The Labute approximate surface area is 160 Å². The summed E-state index contributed by atoms with van der Waals surface area (Å²) in [6, 6.07) is 7.67. The summed E-state index contributed by atoms with van der Waals surface area (Å²) in [5, 5.41) is 10.4. The van der Waals surface area contributed by atoms with E-state index in [2.05, 4.69) is 31.7 Å². The lowest BCUT2D eigenvalue weighted by Gasteiger charge is -2.08. The Morgan fingerprint density at radius 3 is 2.73 bits per heavy atom. The number of thioether (sulfide) groups is 1. The second-order valence-corrected chi connectivity index (χ2v) is 7.21. The molecule has 0 aliphatic heterocycles. The van der Waals surface area contributed by atoms with Crippen LogP contribution in [0.2, 0.25) is 5.02 Å². The van der Waals surface area contributed by atoms with Crippen LogP contribution in [-0.4, -0.2) is 29.1 Å². The highest BCUT2D eigenvalue weighted by molar-refractivity contribution is 7.98. The summed E-state index contributed by atoms with van der Waals surface area (Å²) in [4.78, 5) is 8.70. The molecule has 6 nitrogen and oxygen atoms in total. The van der Waals surface area contributed by atoms with Crippen molar-refractivity contribution in [3.63, 3.8) is 0 Å². The molecule has 0 spiro atoms. The van der Waals surface area contributed by atoms with Crippen molar-refractivity contribution in [2.45, 2.75) is 30.8 Å². The van der Waals surface area contributed by atoms with E-state index in [1.807, 2.05) is 41.1 Å². The van der Waals surface area contributed by atoms with Crippen LogP contribution in [0.3, 0.4) is 0 Å². The summed E-state index contributed by atoms with van der Waals surface area (Å²) >= 11 is 7.68. The molecule has 132 valence electrons. The molecule has 0 aromatic carbocycles. The van der Waals surface area contributed by atoms with Crippen LogP contribution in [-0.2, 0) is 12.3 Å². The van der Waals surface area contributed by atoms with Gasteiger partial charge in [-0.25, -0.2) is 4.98 Å². The average molecular weight is 385 g/mol. The van der Waals surface area contributed by atoms with Crippen LogP contribution < -0.4 is 0 Å². The second kappa shape index (κ2) is 7.47. The van der Waals surface area contributed by atoms with E-state index >= 15 is 0 Å². The molecular formula is C18H17ClN6S. The van der Waals surface area contributed by atoms with Gasteiger partial charge in [0.25, 0.3) is 0 Å². The number of fused-ring (bicyclic) bond motifs is 1. The van der Waals surface area contributed by atoms with Crippen molar-refractivity contribution in [3.8, 4) is 11.4 Å². The fourth-order valence-corrected chi connectivity index (χ4v) is 3.78. The van der Waals surface area contributed by atoms with Crippen LogP contribution in [0.1, 0.15) is 19.0 Å². The maximum absolute atomic E-state index is 6.04. The van der Waals surface area contributed by atoms with Crippen molar-refractivity contribution in [3.05, 3.63) is 59.8 Å². The zero-order chi connectivity index (χ0) is 17.9. The number of pyridine rings is 2. The third kappa shape index (κ3) is 3.45. The summed E-state index contributed by atoms with van der Waals surface area (Å²) < 4.78 is 4.10. The van der Waals surface area contributed by atoms with E-state index in [0.717, 1.165) is 46.6 Å². The van der Waals surface area contributed by atoms with Crippen molar-refractivity contribution in [1.29, 1.82) is 0 Å². The number of hydrogen-bond donors (Lipinski definition) is 0. The van der Waals surface area contributed by atoms with Crippen LogP contribution in [0.25, 0.3) is 17.0 Å². The van der Waals surface area contributed by atoms with E-state index in [0.29, 0.717) is 5.02 Å². The minimum Gasteiger partial charge on any atom is -0.305 e. The van der Waals surface area contributed by atoms with Crippen molar-refractivity contribution in [2.24, 2.45) is 0 Å². The van der Waals surface area contributed by atoms with Crippen molar-refractivity contribution in [1.82, 2.24) is 29.1 Å². The minimum absolute atomic E-state index is 0.693. The predicted octanol–water partition coefficient (Wildman–Crippen LogP) is 4.34. The van der Waals surface area contributed by atoms with Gasteiger partial charge in [-0.15, -0.1) is 10.2 Å². The molecule has 0 atom stereocenters. The molecule has 0 bridgehead atoms. The zero-order valence-electron chi connectivity index (χ0n) is 14.2. The van der Waals surface area contributed by atoms with Gasteiger partial charge in [0.15, 0.2) is 11.0 Å². The lowest BCUT2D eigenvalue weighted by Crippen LogP contribution is -2.02. The first-order valence-corrected chi connectivity index (χ1v) is 9.70. The summed E-state index contributed by atoms with van der Waals surface area (Å²) in [6.45, 7) is 3.02. The fourth-order valence-electron chi connectivity index (χ4n) is 2.76. The molecule has 0 saturated heterocycles. The maximum atomic E-state index is 6.04. The van der Waals surface area contributed by atoms with Gasteiger partial charge in [0.2, 0.25) is 0 Å². The molecular weight excluding hydrogens is 368 g/mol. The van der Waals surface area contributed by atoms with Crippen molar-refractivity contribution in [2.75, 3.05) is 0 Å². The first-order valence-electron chi connectivity index (χ1n) is 8.34. The Morgan fingerprint density at radius 2 is 1.92 bits per heavy atom. The largest absolute Gasteiger partial charge is 0.305 e. The number of hydrogen-bond acceptors (Lipinski definition) is 5. The van der Waals surface area contributed by atoms with E-state index in [1.54, 1.807) is 24.2 Å². The lowest BCUT2D eigenvalue weighted by molar-refractivity contribution is 0.626. The topological polar surface area (TPSA) is 60.9 Å². The molecule has 4 aromatic heterocycles. The zero-order valence-corrected chi connectivity index (χ0v) is 15.8. The molecule has 4 heterocycles. The van der Waals surface area contributed by atoms with E-state index in [9.17, 15) is 0 Å². The van der Waals surface area contributed by atoms with Gasteiger partial charge >= 0.3 is 0 Å². The second-order valence-electron chi connectivity index (χ2n) is 5.83. The van der Waals surface area contributed by atoms with E-state index in [-0.39, 0.29) is 0 Å². The van der Waals surface area contributed by atoms with Crippen LogP contribution in [0.5, 0.6) is 0 Å². The maximum Gasteiger partial charge on any atom is 0.191 e. The molecule has 0 aliphatic rings. The smallest absolute Gasteiger partial charge is 0.191 e. The highest BCUT2D eigenvalue weighted by Crippen LogP contribution is 2.26. The van der Waals surface area contributed by atoms with Gasteiger partial charge < -0.3 is 8.97 Å². The number of aromatic nitrogens is 6. The molecule has 4 rings (SSSR count).